The summed E-state index contributed by atoms with van der Waals surface area (Å²) in [6, 6.07) is 18.8. The largest absolute Gasteiger partial charge is 0.420 e. The van der Waals surface area contributed by atoms with Crippen LogP contribution in [0.3, 0.4) is 0 Å². The van der Waals surface area contributed by atoms with E-state index in [0.717, 1.165) is 11.1 Å². The monoisotopic (exact) mass is 304 g/mol. The van der Waals surface area contributed by atoms with Gasteiger partial charge in [-0.05, 0) is 35.8 Å². The van der Waals surface area contributed by atoms with Gasteiger partial charge in [-0.15, -0.1) is 0 Å². The number of ether oxygens (including phenoxy) is 1. The van der Waals surface area contributed by atoms with Gasteiger partial charge in [0.15, 0.2) is 5.54 Å². The smallest absolute Gasteiger partial charge is 0.410 e. The van der Waals surface area contributed by atoms with Crippen molar-refractivity contribution in [2.75, 3.05) is 0 Å². The molecule has 0 radical (unpaired) electrons. The van der Waals surface area contributed by atoms with Crippen LogP contribution in [0.1, 0.15) is 24.5 Å². The number of hydrogen-bond donors (Lipinski definition) is 0. The molecule has 0 bridgehead atoms. The average Bonchev–Trinajstić information content (AvgIpc) is 2.61. The lowest BCUT2D eigenvalue weighted by Crippen LogP contribution is -2.48. The molecular weight excluding hydrogens is 288 g/mol. The molecule has 4 nitrogen and oxygen atoms in total. The SMILES string of the molecule is CCC1(C#N)c2ccccc2C=CN1C(=O)Oc1ccccc1. The van der Waals surface area contributed by atoms with Gasteiger partial charge < -0.3 is 4.74 Å². The van der Waals surface area contributed by atoms with E-state index in [1.165, 1.54) is 4.90 Å². The van der Waals surface area contributed by atoms with Gasteiger partial charge in [0.2, 0.25) is 0 Å². The number of fused-ring (bicyclic) bond motifs is 1. The molecule has 1 heterocycles. The lowest BCUT2D eigenvalue weighted by atomic mass is 9.82. The summed E-state index contributed by atoms with van der Waals surface area (Å²) < 4.78 is 5.41. The molecule has 1 unspecified atom stereocenters. The normalized spacial score (nSPS) is 18.9. The molecule has 0 aromatic heterocycles. The van der Waals surface area contributed by atoms with Gasteiger partial charge in [0.05, 0.1) is 6.07 Å². The van der Waals surface area contributed by atoms with Crippen LogP contribution in [0, 0.1) is 11.3 Å². The number of rotatable bonds is 2. The van der Waals surface area contributed by atoms with E-state index in [1.54, 1.807) is 30.5 Å². The lowest BCUT2D eigenvalue weighted by Gasteiger charge is -2.38. The Kier molecular flexibility index (Phi) is 3.86. The van der Waals surface area contributed by atoms with E-state index >= 15 is 0 Å². The van der Waals surface area contributed by atoms with Crippen molar-refractivity contribution in [1.82, 2.24) is 4.90 Å². The number of hydrogen-bond acceptors (Lipinski definition) is 3. The Morgan fingerprint density at radius 1 is 1.17 bits per heavy atom. The molecule has 0 fully saturated rings. The summed E-state index contributed by atoms with van der Waals surface area (Å²) >= 11 is 0. The molecule has 3 rings (SSSR count). The fourth-order valence-corrected chi connectivity index (χ4v) is 2.84. The zero-order chi connectivity index (χ0) is 16.3. The zero-order valence-corrected chi connectivity index (χ0v) is 12.8. The van der Waals surface area contributed by atoms with Crippen molar-refractivity contribution in [1.29, 1.82) is 5.26 Å². The standard InChI is InChI=1S/C19H16N2O2/c1-2-19(14-20)17-11-7-6-8-15(17)12-13-21(19)18(22)23-16-9-4-3-5-10-16/h3-13H,2H2,1H3. The van der Waals surface area contributed by atoms with Crippen molar-refractivity contribution < 1.29 is 9.53 Å². The Morgan fingerprint density at radius 3 is 2.57 bits per heavy atom. The van der Waals surface area contributed by atoms with Gasteiger partial charge in [-0.25, -0.2) is 4.79 Å². The van der Waals surface area contributed by atoms with Crippen molar-refractivity contribution in [3.63, 3.8) is 0 Å². The van der Waals surface area contributed by atoms with E-state index in [1.807, 2.05) is 43.3 Å². The van der Waals surface area contributed by atoms with E-state index in [0.29, 0.717) is 12.2 Å². The minimum Gasteiger partial charge on any atom is -0.410 e. The fourth-order valence-electron chi connectivity index (χ4n) is 2.84. The van der Waals surface area contributed by atoms with Crippen LogP contribution in [-0.4, -0.2) is 11.0 Å². The lowest BCUT2D eigenvalue weighted by molar-refractivity contribution is 0.133. The second-order valence-electron chi connectivity index (χ2n) is 5.28. The van der Waals surface area contributed by atoms with Crippen LogP contribution in [0.25, 0.3) is 6.08 Å². The van der Waals surface area contributed by atoms with Crippen molar-refractivity contribution in [2.45, 2.75) is 18.9 Å². The van der Waals surface area contributed by atoms with Crippen LogP contribution in [0.15, 0.2) is 60.8 Å². The topological polar surface area (TPSA) is 53.3 Å². The molecule has 0 aliphatic carbocycles. The molecule has 114 valence electrons. The Hall–Kier alpha value is -3.06. The van der Waals surface area contributed by atoms with E-state index in [4.69, 9.17) is 4.74 Å². The first kappa shape index (κ1) is 14.9. The first-order valence-electron chi connectivity index (χ1n) is 7.46. The van der Waals surface area contributed by atoms with Gasteiger partial charge in [0.1, 0.15) is 5.75 Å². The van der Waals surface area contributed by atoms with Crippen LogP contribution < -0.4 is 4.74 Å². The van der Waals surface area contributed by atoms with Gasteiger partial charge in [0.25, 0.3) is 0 Å². The molecule has 1 aliphatic rings. The van der Waals surface area contributed by atoms with Crippen molar-refractivity contribution in [2.24, 2.45) is 0 Å². The van der Waals surface area contributed by atoms with Crippen LogP contribution in [0.2, 0.25) is 0 Å². The molecule has 2 aromatic rings. The zero-order valence-electron chi connectivity index (χ0n) is 12.8. The second-order valence-corrected chi connectivity index (χ2v) is 5.28. The third-order valence-corrected chi connectivity index (χ3v) is 4.06. The first-order chi connectivity index (χ1) is 11.2. The van der Waals surface area contributed by atoms with Gasteiger partial charge >= 0.3 is 6.09 Å². The summed E-state index contributed by atoms with van der Waals surface area (Å²) in [7, 11) is 0. The third-order valence-electron chi connectivity index (χ3n) is 4.06. The molecule has 4 heteroatoms. The maximum Gasteiger partial charge on any atom is 0.420 e. The van der Waals surface area contributed by atoms with Crippen molar-refractivity contribution >= 4 is 12.2 Å². The molecule has 0 N–H and O–H groups in total. The van der Waals surface area contributed by atoms with Crippen LogP contribution >= 0.6 is 0 Å². The summed E-state index contributed by atoms with van der Waals surface area (Å²) in [5.41, 5.74) is 0.703. The van der Waals surface area contributed by atoms with E-state index in [2.05, 4.69) is 6.07 Å². The Labute approximate surface area is 135 Å². The maximum absolute atomic E-state index is 12.6. The van der Waals surface area contributed by atoms with E-state index in [9.17, 15) is 10.1 Å². The second kappa shape index (κ2) is 5.98. The molecule has 2 aromatic carbocycles. The molecule has 0 spiro atoms. The Morgan fingerprint density at radius 2 is 1.87 bits per heavy atom. The van der Waals surface area contributed by atoms with Crippen molar-refractivity contribution in [3.05, 3.63) is 71.9 Å². The number of amides is 1. The predicted molar refractivity (Wildman–Crippen MR) is 87.4 cm³/mol. The summed E-state index contributed by atoms with van der Waals surface area (Å²) in [6.45, 7) is 1.89. The average molecular weight is 304 g/mol. The van der Waals surface area contributed by atoms with Gasteiger partial charge in [-0.2, -0.15) is 5.26 Å². The molecule has 1 aliphatic heterocycles. The predicted octanol–water partition coefficient (Wildman–Crippen LogP) is 4.30. The quantitative estimate of drug-likeness (QED) is 0.831. The van der Waals surface area contributed by atoms with E-state index in [-0.39, 0.29) is 0 Å². The highest BCUT2D eigenvalue weighted by atomic mass is 16.6. The molecule has 0 saturated carbocycles. The van der Waals surface area contributed by atoms with Gasteiger partial charge in [0, 0.05) is 6.20 Å². The summed E-state index contributed by atoms with van der Waals surface area (Å²) in [6.07, 6.45) is 3.35. The highest BCUT2D eigenvalue weighted by Gasteiger charge is 2.43. The van der Waals surface area contributed by atoms with Crippen LogP contribution in [0.5, 0.6) is 5.75 Å². The maximum atomic E-state index is 12.6. The molecular formula is C19H16N2O2. The first-order valence-corrected chi connectivity index (χ1v) is 7.46. The Bertz CT molecular complexity index is 793. The number of carbonyl (C=O) groups is 1. The highest BCUT2D eigenvalue weighted by Crippen LogP contribution is 2.38. The van der Waals surface area contributed by atoms with Crippen molar-refractivity contribution in [3.8, 4) is 11.8 Å². The van der Waals surface area contributed by atoms with Crippen LogP contribution in [0.4, 0.5) is 4.79 Å². The summed E-state index contributed by atoms with van der Waals surface area (Å²) in [4.78, 5) is 14.0. The summed E-state index contributed by atoms with van der Waals surface area (Å²) in [5.74, 6) is 0.452. The Balaban J connectivity index is 1.99. The minimum absolute atomic E-state index is 0.452. The van der Waals surface area contributed by atoms with E-state index < -0.39 is 11.6 Å². The minimum atomic E-state index is -1.06. The highest BCUT2D eigenvalue weighted by molar-refractivity contribution is 5.77. The number of benzene rings is 2. The number of carbonyl (C=O) groups excluding carboxylic acids is 1. The van der Waals surface area contributed by atoms with Gasteiger partial charge in [-0.1, -0.05) is 49.4 Å². The number of nitriles is 1. The molecule has 1 atom stereocenters. The van der Waals surface area contributed by atoms with Gasteiger partial charge in [-0.3, -0.25) is 4.90 Å². The molecule has 0 saturated heterocycles. The van der Waals surface area contributed by atoms with Crippen LogP contribution in [-0.2, 0) is 5.54 Å². The fraction of sp³-hybridized carbons (Fsp3) is 0.158. The molecule has 1 amide bonds. The number of para-hydroxylation sites is 1. The summed E-state index contributed by atoms with van der Waals surface area (Å²) in [5, 5.41) is 9.84. The molecule has 23 heavy (non-hydrogen) atoms. The number of nitrogens with zero attached hydrogens (tertiary/aromatic N) is 2. The third kappa shape index (κ3) is 2.47.